The summed E-state index contributed by atoms with van der Waals surface area (Å²) >= 11 is 0. The number of fused-ring (bicyclic) bond motifs is 1. The first kappa shape index (κ1) is 10.2. The fourth-order valence-electron chi connectivity index (χ4n) is 1.60. The minimum absolute atomic E-state index is 0.0131. The van der Waals surface area contributed by atoms with Crippen molar-refractivity contribution in [3.05, 3.63) is 23.5 Å². The number of rotatable bonds is 2. The van der Waals surface area contributed by atoms with Crippen LogP contribution in [0.2, 0.25) is 0 Å². The largest absolute Gasteiger partial charge is 0.486 e. The van der Waals surface area contributed by atoms with Crippen molar-refractivity contribution in [3.63, 3.8) is 0 Å². The Bertz CT molecular complexity index is 368. The molecule has 0 radical (unpaired) electrons. The molecule has 3 nitrogen and oxygen atoms in total. The van der Waals surface area contributed by atoms with Crippen molar-refractivity contribution in [1.82, 2.24) is 0 Å². The van der Waals surface area contributed by atoms with Gasteiger partial charge in [-0.05, 0) is 24.1 Å². The Kier molecular flexibility index (Phi) is 2.77. The molecule has 2 N–H and O–H groups in total. The van der Waals surface area contributed by atoms with Crippen LogP contribution in [0.1, 0.15) is 18.4 Å². The molecule has 1 aromatic rings. The fraction of sp³-hybridized carbons (Fsp3) is 0.455. The van der Waals surface area contributed by atoms with Gasteiger partial charge in [0.2, 0.25) is 0 Å². The summed E-state index contributed by atoms with van der Waals surface area (Å²) in [6.07, 6.45) is 0. The fourth-order valence-corrected chi connectivity index (χ4v) is 1.60. The first-order valence-electron chi connectivity index (χ1n) is 5.02. The molecule has 2 rings (SSSR count). The Labute approximate surface area is 88.0 Å². The highest BCUT2D eigenvalue weighted by Gasteiger charge is 2.21. The molecule has 1 aliphatic rings. The zero-order valence-electron chi connectivity index (χ0n) is 8.63. The van der Waals surface area contributed by atoms with Crippen molar-refractivity contribution in [2.24, 2.45) is 5.73 Å². The summed E-state index contributed by atoms with van der Waals surface area (Å²) < 4.78 is 24.5. The predicted molar refractivity (Wildman–Crippen MR) is 54.9 cm³/mol. The number of hydrogen-bond acceptors (Lipinski definition) is 3. The Hall–Kier alpha value is -1.29. The molecule has 0 spiro atoms. The topological polar surface area (TPSA) is 44.5 Å². The van der Waals surface area contributed by atoms with Crippen molar-refractivity contribution in [3.8, 4) is 11.5 Å². The van der Waals surface area contributed by atoms with Crippen LogP contribution in [0.4, 0.5) is 4.39 Å². The Morgan fingerprint density at radius 3 is 2.87 bits per heavy atom. The average molecular weight is 211 g/mol. The van der Waals surface area contributed by atoms with Gasteiger partial charge in [0.1, 0.15) is 13.2 Å². The molecule has 0 bridgehead atoms. The summed E-state index contributed by atoms with van der Waals surface area (Å²) in [5, 5.41) is 0. The van der Waals surface area contributed by atoms with Gasteiger partial charge < -0.3 is 15.2 Å². The summed E-state index contributed by atoms with van der Waals surface area (Å²) in [6, 6.07) is 3.44. The van der Waals surface area contributed by atoms with Crippen molar-refractivity contribution < 1.29 is 13.9 Å². The van der Waals surface area contributed by atoms with Gasteiger partial charge in [0.05, 0.1) is 0 Å². The van der Waals surface area contributed by atoms with Crippen LogP contribution in [0.3, 0.4) is 0 Å². The molecule has 1 unspecified atom stereocenters. The predicted octanol–water partition coefficient (Wildman–Crippen LogP) is 1.66. The number of nitrogens with two attached hydrogens (primary N) is 1. The number of hydrogen-bond donors (Lipinski definition) is 1. The van der Waals surface area contributed by atoms with Crippen LogP contribution >= 0.6 is 0 Å². The molecule has 1 atom stereocenters. The van der Waals surface area contributed by atoms with Gasteiger partial charge in [0.25, 0.3) is 0 Å². The van der Waals surface area contributed by atoms with E-state index < -0.39 is 0 Å². The SMILES string of the molecule is CC(CN)c1ccc2c(c1F)OCCO2. The van der Waals surface area contributed by atoms with Crippen molar-refractivity contribution >= 4 is 0 Å². The molecule has 0 saturated heterocycles. The maximum absolute atomic E-state index is 13.9. The van der Waals surface area contributed by atoms with E-state index in [1.807, 2.05) is 6.92 Å². The minimum atomic E-state index is -0.342. The Balaban J connectivity index is 2.43. The second-order valence-corrected chi connectivity index (χ2v) is 3.63. The molecule has 0 aromatic heterocycles. The van der Waals surface area contributed by atoms with E-state index in [9.17, 15) is 4.39 Å². The summed E-state index contributed by atoms with van der Waals surface area (Å²) in [6.45, 7) is 3.16. The van der Waals surface area contributed by atoms with Gasteiger partial charge in [-0.15, -0.1) is 0 Å². The molecule has 1 aromatic carbocycles. The lowest BCUT2D eigenvalue weighted by atomic mass is 10.00. The molecule has 0 saturated carbocycles. The molecule has 0 amide bonds. The third kappa shape index (κ3) is 1.77. The average Bonchev–Trinajstić information content (AvgIpc) is 2.29. The van der Waals surface area contributed by atoms with Gasteiger partial charge in [-0.25, -0.2) is 4.39 Å². The first-order chi connectivity index (χ1) is 7.24. The monoisotopic (exact) mass is 211 g/mol. The van der Waals surface area contributed by atoms with Crippen LogP contribution < -0.4 is 15.2 Å². The van der Waals surface area contributed by atoms with E-state index in [1.165, 1.54) is 0 Å². The Morgan fingerprint density at radius 2 is 2.13 bits per heavy atom. The highest BCUT2D eigenvalue weighted by molar-refractivity contribution is 5.46. The lowest BCUT2D eigenvalue weighted by molar-refractivity contribution is 0.163. The van der Waals surface area contributed by atoms with Crippen molar-refractivity contribution in [1.29, 1.82) is 0 Å². The van der Waals surface area contributed by atoms with E-state index >= 15 is 0 Å². The molecule has 1 heterocycles. The maximum atomic E-state index is 13.9. The molecule has 15 heavy (non-hydrogen) atoms. The lowest BCUT2D eigenvalue weighted by Gasteiger charge is -2.21. The molecular formula is C11H14FNO2. The van der Waals surface area contributed by atoms with Crippen molar-refractivity contribution in [2.75, 3.05) is 19.8 Å². The quantitative estimate of drug-likeness (QED) is 0.809. The van der Waals surface area contributed by atoms with Gasteiger partial charge in [-0.1, -0.05) is 13.0 Å². The van der Waals surface area contributed by atoms with Crippen LogP contribution in [0.5, 0.6) is 11.5 Å². The van der Waals surface area contributed by atoms with Crippen LogP contribution in [0, 0.1) is 5.82 Å². The van der Waals surface area contributed by atoms with E-state index in [4.69, 9.17) is 15.2 Å². The zero-order valence-corrected chi connectivity index (χ0v) is 8.63. The maximum Gasteiger partial charge on any atom is 0.197 e. The van der Waals surface area contributed by atoms with Gasteiger partial charge in [-0.3, -0.25) is 0 Å². The van der Waals surface area contributed by atoms with E-state index in [2.05, 4.69) is 0 Å². The van der Waals surface area contributed by atoms with Gasteiger partial charge in [-0.2, -0.15) is 0 Å². The normalized spacial score (nSPS) is 16.2. The van der Waals surface area contributed by atoms with E-state index in [0.29, 0.717) is 31.1 Å². The lowest BCUT2D eigenvalue weighted by Crippen LogP contribution is -2.18. The Morgan fingerprint density at radius 1 is 1.40 bits per heavy atom. The number of ether oxygens (including phenoxy) is 2. The summed E-state index contributed by atoms with van der Waals surface area (Å²) in [5.41, 5.74) is 6.10. The summed E-state index contributed by atoms with van der Waals surface area (Å²) in [5.74, 6) is 0.344. The number of halogens is 1. The minimum Gasteiger partial charge on any atom is -0.486 e. The molecular weight excluding hydrogens is 197 g/mol. The molecule has 4 heteroatoms. The highest BCUT2D eigenvalue weighted by Crippen LogP contribution is 2.36. The van der Waals surface area contributed by atoms with E-state index in [-0.39, 0.29) is 17.5 Å². The summed E-state index contributed by atoms with van der Waals surface area (Å²) in [4.78, 5) is 0. The van der Waals surface area contributed by atoms with Crippen molar-refractivity contribution in [2.45, 2.75) is 12.8 Å². The molecule has 0 aliphatic carbocycles. The second kappa shape index (κ2) is 4.06. The van der Waals surface area contributed by atoms with Crippen LogP contribution in [0.15, 0.2) is 12.1 Å². The number of benzene rings is 1. The van der Waals surface area contributed by atoms with Crippen LogP contribution in [-0.4, -0.2) is 19.8 Å². The van der Waals surface area contributed by atoms with Gasteiger partial charge in [0, 0.05) is 0 Å². The summed E-state index contributed by atoms with van der Waals surface area (Å²) in [7, 11) is 0. The van der Waals surface area contributed by atoms with E-state index in [0.717, 1.165) is 0 Å². The standard InChI is InChI=1S/C11H14FNO2/c1-7(6-13)8-2-3-9-11(10(8)12)15-5-4-14-9/h2-3,7H,4-6,13H2,1H3. The highest BCUT2D eigenvalue weighted by atomic mass is 19.1. The molecule has 1 aliphatic heterocycles. The smallest absolute Gasteiger partial charge is 0.197 e. The van der Waals surface area contributed by atoms with Crippen LogP contribution in [-0.2, 0) is 0 Å². The van der Waals surface area contributed by atoms with E-state index in [1.54, 1.807) is 12.1 Å². The van der Waals surface area contributed by atoms with Crippen LogP contribution in [0.25, 0.3) is 0 Å². The zero-order chi connectivity index (χ0) is 10.8. The third-order valence-electron chi connectivity index (χ3n) is 2.56. The first-order valence-corrected chi connectivity index (χ1v) is 5.02. The molecule has 82 valence electrons. The van der Waals surface area contributed by atoms with Gasteiger partial charge in [0.15, 0.2) is 17.3 Å². The third-order valence-corrected chi connectivity index (χ3v) is 2.56. The second-order valence-electron chi connectivity index (χ2n) is 3.63. The molecule has 0 fully saturated rings. The van der Waals surface area contributed by atoms with Gasteiger partial charge >= 0.3 is 0 Å².